The molecule has 3 rings (SSSR count). The third kappa shape index (κ3) is 1.82. The summed E-state index contributed by atoms with van der Waals surface area (Å²) in [6.07, 6.45) is 0. The number of benzene rings is 3. The van der Waals surface area contributed by atoms with Gasteiger partial charge in [0, 0.05) is 21.1 Å². The van der Waals surface area contributed by atoms with Crippen LogP contribution in [0.25, 0.3) is 21.5 Å². The van der Waals surface area contributed by atoms with Gasteiger partial charge >= 0.3 is 0 Å². The van der Waals surface area contributed by atoms with E-state index in [1.54, 1.807) is 0 Å². The summed E-state index contributed by atoms with van der Waals surface area (Å²) in [4.78, 5) is 0. The molecule has 1 heteroatoms. The molecule has 3 aromatic carbocycles. The van der Waals surface area contributed by atoms with Gasteiger partial charge in [0.1, 0.15) is 0 Å². The van der Waals surface area contributed by atoms with E-state index in [2.05, 4.69) is 60.7 Å². The van der Waals surface area contributed by atoms with Gasteiger partial charge in [0.25, 0.3) is 0 Å². The van der Waals surface area contributed by atoms with Crippen molar-refractivity contribution in [2.75, 3.05) is 0 Å². The van der Waals surface area contributed by atoms with E-state index < -0.39 is 0 Å². The summed E-state index contributed by atoms with van der Waals surface area (Å²) < 4.78 is 0. The first-order chi connectivity index (χ1) is 6.93. The maximum atomic E-state index is 2.24. The molecule has 0 N–H and O–H groups in total. The molecule has 0 aliphatic rings. The Labute approximate surface area is 103 Å². The van der Waals surface area contributed by atoms with Crippen LogP contribution >= 0.6 is 0 Å². The summed E-state index contributed by atoms with van der Waals surface area (Å²) in [5, 5.41) is 5.25. The Morgan fingerprint density at radius 1 is 0.467 bits per heavy atom. The molecular formula is C14H10Mo. The largest absolute Gasteiger partial charge is 0.0616 e. The zero-order valence-corrected chi connectivity index (χ0v) is 10.2. The van der Waals surface area contributed by atoms with E-state index in [0.717, 1.165) is 0 Å². The van der Waals surface area contributed by atoms with E-state index in [1.165, 1.54) is 21.5 Å². The van der Waals surface area contributed by atoms with Crippen LogP contribution in [-0.4, -0.2) is 0 Å². The number of hydrogen-bond acceptors (Lipinski definition) is 0. The maximum absolute atomic E-state index is 2.24. The van der Waals surface area contributed by atoms with Gasteiger partial charge in [-0.05, 0) is 33.7 Å². The predicted molar refractivity (Wildman–Crippen MR) is 61.5 cm³/mol. The van der Waals surface area contributed by atoms with Crippen LogP contribution in [0.1, 0.15) is 0 Å². The zero-order valence-electron chi connectivity index (χ0n) is 8.18. The fraction of sp³-hybridized carbons (Fsp3) is 0. The smallest absolute Gasteiger partial charge is 0 e. The summed E-state index contributed by atoms with van der Waals surface area (Å²) in [7, 11) is 0. The van der Waals surface area contributed by atoms with E-state index in [9.17, 15) is 0 Å². The summed E-state index contributed by atoms with van der Waals surface area (Å²) in [5.41, 5.74) is 0. The number of fused-ring (bicyclic) bond motifs is 2. The molecule has 0 aliphatic carbocycles. The van der Waals surface area contributed by atoms with Crippen molar-refractivity contribution in [2.24, 2.45) is 0 Å². The summed E-state index contributed by atoms with van der Waals surface area (Å²) >= 11 is 0. The summed E-state index contributed by atoms with van der Waals surface area (Å²) in [5.74, 6) is 0. The Balaban J connectivity index is 0.000000853. The molecule has 3 aromatic rings. The van der Waals surface area contributed by atoms with Crippen molar-refractivity contribution in [3.8, 4) is 0 Å². The summed E-state index contributed by atoms with van der Waals surface area (Å²) in [6.45, 7) is 0. The van der Waals surface area contributed by atoms with Gasteiger partial charge in [0.15, 0.2) is 0 Å². The van der Waals surface area contributed by atoms with E-state index in [1.807, 2.05) is 0 Å². The van der Waals surface area contributed by atoms with Gasteiger partial charge in [0.2, 0.25) is 0 Å². The standard InChI is InChI=1S/C14H10.Mo/c1-2-6-12-10-14-8-4-3-7-13(14)9-11(12)5-1;/h1-10H;. The second-order valence-electron chi connectivity index (χ2n) is 3.55. The van der Waals surface area contributed by atoms with Crippen molar-refractivity contribution >= 4 is 21.5 Å². The molecule has 0 aromatic heterocycles. The van der Waals surface area contributed by atoms with Gasteiger partial charge in [0.05, 0.1) is 0 Å². The van der Waals surface area contributed by atoms with Gasteiger partial charge in [-0.25, -0.2) is 0 Å². The molecule has 0 radical (unpaired) electrons. The molecule has 0 spiro atoms. The van der Waals surface area contributed by atoms with Crippen LogP contribution in [-0.2, 0) is 21.1 Å². The zero-order chi connectivity index (χ0) is 9.38. The third-order valence-corrected chi connectivity index (χ3v) is 2.61. The first kappa shape index (κ1) is 10.4. The monoisotopic (exact) mass is 276 g/mol. The van der Waals surface area contributed by atoms with Crippen LogP contribution in [0.5, 0.6) is 0 Å². The average Bonchev–Trinajstić information content (AvgIpc) is 2.26. The SMILES string of the molecule is [Mo].c1ccc2cc3ccccc3cc2c1. The maximum Gasteiger partial charge on any atom is 0 e. The Morgan fingerprint density at radius 3 is 1.00 bits per heavy atom. The second kappa shape index (κ2) is 4.16. The molecular weight excluding hydrogens is 264 g/mol. The molecule has 0 unspecified atom stereocenters. The quantitative estimate of drug-likeness (QED) is 0.429. The van der Waals surface area contributed by atoms with Gasteiger partial charge in [-0.2, -0.15) is 0 Å². The van der Waals surface area contributed by atoms with Crippen molar-refractivity contribution in [1.29, 1.82) is 0 Å². The van der Waals surface area contributed by atoms with E-state index in [-0.39, 0.29) is 21.1 Å². The minimum absolute atomic E-state index is 0. The molecule has 0 bridgehead atoms. The Kier molecular flexibility index (Phi) is 2.88. The van der Waals surface area contributed by atoms with E-state index in [0.29, 0.717) is 0 Å². The molecule has 0 amide bonds. The second-order valence-corrected chi connectivity index (χ2v) is 3.55. The Morgan fingerprint density at radius 2 is 0.733 bits per heavy atom. The molecule has 0 fully saturated rings. The van der Waals surface area contributed by atoms with Crippen LogP contribution in [0, 0.1) is 0 Å². The van der Waals surface area contributed by atoms with Crippen molar-refractivity contribution in [2.45, 2.75) is 0 Å². The predicted octanol–water partition coefficient (Wildman–Crippen LogP) is 3.99. The van der Waals surface area contributed by atoms with Crippen molar-refractivity contribution < 1.29 is 21.1 Å². The van der Waals surface area contributed by atoms with Gasteiger partial charge in [-0.1, -0.05) is 48.5 Å². The minimum atomic E-state index is 0. The van der Waals surface area contributed by atoms with Gasteiger partial charge in [-0.15, -0.1) is 0 Å². The fourth-order valence-corrected chi connectivity index (χ4v) is 1.88. The third-order valence-electron chi connectivity index (χ3n) is 2.61. The Hall–Kier alpha value is -1.13. The molecule has 15 heavy (non-hydrogen) atoms. The molecule has 0 nitrogen and oxygen atoms in total. The normalized spacial score (nSPS) is 10.1. The molecule has 0 aliphatic heterocycles. The van der Waals surface area contributed by atoms with Gasteiger partial charge in [-0.3, -0.25) is 0 Å². The van der Waals surface area contributed by atoms with Crippen molar-refractivity contribution in [3.05, 3.63) is 60.7 Å². The van der Waals surface area contributed by atoms with Crippen molar-refractivity contribution in [1.82, 2.24) is 0 Å². The molecule has 0 saturated carbocycles. The van der Waals surface area contributed by atoms with Crippen LogP contribution in [0.15, 0.2) is 60.7 Å². The molecule has 0 heterocycles. The van der Waals surface area contributed by atoms with Gasteiger partial charge < -0.3 is 0 Å². The minimum Gasteiger partial charge on any atom is -0.0616 e. The van der Waals surface area contributed by atoms with Crippen LogP contribution in [0.3, 0.4) is 0 Å². The van der Waals surface area contributed by atoms with Crippen LogP contribution < -0.4 is 0 Å². The number of hydrogen-bond donors (Lipinski definition) is 0. The molecule has 72 valence electrons. The van der Waals surface area contributed by atoms with E-state index in [4.69, 9.17) is 0 Å². The summed E-state index contributed by atoms with van der Waals surface area (Å²) in [6, 6.07) is 21.4. The topological polar surface area (TPSA) is 0 Å². The van der Waals surface area contributed by atoms with Crippen LogP contribution in [0.4, 0.5) is 0 Å². The van der Waals surface area contributed by atoms with Crippen LogP contribution in [0.2, 0.25) is 0 Å². The molecule has 0 atom stereocenters. The first-order valence-electron chi connectivity index (χ1n) is 4.81. The average molecular weight is 274 g/mol. The Bertz CT molecular complexity index is 494. The van der Waals surface area contributed by atoms with E-state index >= 15 is 0 Å². The molecule has 0 saturated heterocycles. The first-order valence-corrected chi connectivity index (χ1v) is 4.81. The van der Waals surface area contributed by atoms with Crippen molar-refractivity contribution in [3.63, 3.8) is 0 Å². The number of rotatable bonds is 0. The fourth-order valence-electron chi connectivity index (χ4n) is 1.88.